The van der Waals surface area contributed by atoms with Crippen molar-refractivity contribution in [3.63, 3.8) is 0 Å². The van der Waals surface area contributed by atoms with E-state index in [4.69, 9.17) is 0 Å². The van der Waals surface area contributed by atoms with Gasteiger partial charge in [0.1, 0.15) is 11.6 Å². The maximum atomic E-state index is 11.6. The Labute approximate surface area is 108 Å². The smallest absolute Gasteiger partial charge is 0.136 e. The molecule has 1 unspecified atom stereocenters. The number of hydrogen-bond acceptors (Lipinski definition) is 2. The molecular formula is C16H20O2. The van der Waals surface area contributed by atoms with E-state index >= 15 is 0 Å². The fourth-order valence-corrected chi connectivity index (χ4v) is 2.57. The van der Waals surface area contributed by atoms with Crippen LogP contribution in [0.15, 0.2) is 24.3 Å². The minimum Gasteiger partial charge on any atom is -0.299 e. The molecule has 0 aromatic heterocycles. The molecule has 0 aliphatic heterocycles. The molecule has 0 radical (unpaired) electrons. The monoisotopic (exact) mass is 244 g/mol. The second kappa shape index (κ2) is 5.47. The van der Waals surface area contributed by atoms with Gasteiger partial charge in [-0.25, -0.2) is 0 Å². The molecule has 2 atom stereocenters. The number of hydrogen-bond donors (Lipinski definition) is 0. The number of rotatable bonds is 4. The fourth-order valence-electron chi connectivity index (χ4n) is 2.57. The third kappa shape index (κ3) is 2.87. The Balaban J connectivity index is 2.03. The van der Waals surface area contributed by atoms with Crippen LogP contribution in [0.25, 0.3) is 0 Å². The summed E-state index contributed by atoms with van der Waals surface area (Å²) in [5.41, 5.74) is 2.26. The van der Waals surface area contributed by atoms with E-state index in [2.05, 4.69) is 12.1 Å². The van der Waals surface area contributed by atoms with E-state index in [1.54, 1.807) is 6.92 Å². The van der Waals surface area contributed by atoms with Crippen LogP contribution in [0.3, 0.4) is 0 Å². The Morgan fingerprint density at radius 3 is 2.50 bits per heavy atom. The van der Waals surface area contributed by atoms with Gasteiger partial charge in [-0.2, -0.15) is 0 Å². The maximum absolute atomic E-state index is 11.6. The van der Waals surface area contributed by atoms with Gasteiger partial charge < -0.3 is 0 Å². The highest BCUT2D eigenvalue weighted by molar-refractivity contribution is 5.83. The van der Waals surface area contributed by atoms with Crippen molar-refractivity contribution in [1.82, 2.24) is 0 Å². The van der Waals surface area contributed by atoms with Crippen LogP contribution in [0, 0.1) is 5.92 Å². The van der Waals surface area contributed by atoms with Gasteiger partial charge >= 0.3 is 0 Å². The van der Waals surface area contributed by atoms with Crippen molar-refractivity contribution in [3.05, 3.63) is 35.4 Å². The first-order valence-electron chi connectivity index (χ1n) is 6.70. The molecule has 0 heterocycles. The quantitative estimate of drug-likeness (QED) is 0.814. The van der Waals surface area contributed by atoms with Gasteiger partial charge in [-0.1, -0.05) is 31.2 Å². The van der Waals surface area contributed by atoms with Gasteiger partial charge in [0, 0.05) is 18.3 Å². The van der Waals surface area contributed by atoms with Crippen LogP contribution in [0.2, 0.25) is 0 Å². The third-order valence-electron chi connectivity index (χ3n) is 4.00. The van der Waals surface area contributed by atoms with E-state index in [0.29, 0.717) is 5.78 Å². The van der Waals surface area contributed by atoms with Gasteiger partial charge in [-0.15, -0.1) is 0 Å². The minimum absolute atomic E-state index is 0.0350. The summed E-state index contributed by atoms with van der Waals surface area (Å²) in [6.07, 6.45) is 3.69. The van der Waals surface area contributed by atoms with Crippen LogP contribution in [0.5, 0.6) is 0 Å². The lowest BCUT2D eigenvalue weighted by Crippen LogP contribution is -2.10. The average molecular weight is 244 g/mol. The van der Waals surface area contributed by atoms with Crippen LogP contribution in [-0.4, -0.2) is 11.6 Å². The fraction of sp³-hybridized carbons (Fsp3) is 0.500. The first kappa shape index (κ1) is 13.0. The molecule has 96 valence electrons. The summed E-state index contributed by atoms with van der Waals surface area (Å²) >= 11 is 0. The summed E-state index contributed by atoms with van der Waals surface area (Å²) in [6, 6.07) is 8.14. The van der Waals surface area contributed by atoms with Crippen molar-refractivity contribution in [3.8, 4) is 0 Å². The van der Waals surface area contributed by atoms with Gasteiger partial charge in [0.2, 0.25) is 0 Å². The number of carbonyl (C=O) groups excluding carboxylic acids is 2. The van der Waals surface area contributed by atoms with Crippen LogP contribution >= 0.6 is 0 Å². The van der Waals surface area contributed by atoms with Crippen LogP contribution in [-0.2, 0) is 16.0 Å². The molecule has 0 spiro atoms. The summed E-state index contributed by atoms with van der Waals surface area (Å²) < 4.78 is 0. The summed E-state index contributed by atoms with van der Waals surface area (Å²) in [7, 11) is 0. The molecule has 1 aliphatic carbocycles. The largest absolute Gasteiger partial charge is 0.299 e. The van der Waals surface area contributed by atoms with Crippen molar-refractivity contribution in [2.24, 2.45) is 5.92 Å². The molecule has 2 heteroatoms. The lowest BCUT2D eigenvalue weighted by molar-refractivity contribution is -0.120. The maximum Gasteiger partial charge on any atom is 0.136 e. The highest BCUT2D eigenvalue weighted by Gasteiger charge is 2.24. The topological polar surface area (TPSA) is 34.1 Å². The Kier molecular flexibility index (Phi) is 3.95. The lowest BCUT2D eigenvalue weighted by atomic mass is 9.93. The average Bonchev–Trinajstić information content (AvgIpc) is 2.75. The first-order chi connectivity index (χ1) is 8.58. The van der Waals surface area contributed by atoms with E-state index in [0.717, 1.165) is 31.2 Å². The lowest BCUT2D eigenvalue weighted by Gasteiger charge is -2.11. The van der Waals surface area contributed by atoms with Gasteiger partial charge in [0.15, 0.2) is 0 Å². The summed E-state index contributed by atoms with van der Waals surface area (Å²) in [6.45, 7) is 3.55. The molecule has 0 amide bonds. The van der Waals surface area contributed by atoms with Crippen molar-refractivity contribution < 1.29 is 9.59 Å². The molecule has 0 N–H and O–H groups in total. The zero-order valence-electron chi connectivity index (χ0n) is 11.1. The zero-order chi connectivity index (χ0) is 13.1. The van der Waals surface area contributed by atoms with Crippen LogP contribution < -0.4 is 0 Å². The molecular weight excluding hydrogens is 224 g/mol. The summed E-state index contributed by atoms with van der Waals surface area (Å²) in [5.74, 6) is 0.790. The number of carbonyl (C=O) groups is 2. The molecule has 1 saturated carbocycles. The van der Waals surface area contributed by atoms with E-state index in [1.807, 2.05) is 19.1 Å². The Hall–Kier alpha value is -1.44. The molecule has 1 fully saturated rings. The predicted octanol–water partition coefficient (Wildman–Crippen LogP) is 3.29. The van der Waals surface area contributed by atoms with Gasteiger partial charge in [0.25, 0.3) is 0 Å². The van der Waals surface area contributed by atoms with Crippen molar-refractivity contribution in [2.45, 2.75) is 45.4 Å². The van der Waals surface area contributed by atoms with E-state index in [9.17, 15) is 9.59 Å². The molecule has 1 aliphatic rings. The second-order valence-corrected chi connectivity index (χ2v) is 5.33. The van der Waals surface area contributed by atoms with E-state index in [1.165, 1.54) is 5.56 Å². The van der Waals surface area contributed by atoms with Gasteiger partial charge in [-0.3, -0.25) is 9.59 Å². The highest BCUT2D eigenvalue weighted by atomic mass is 16.1. The van der Waals surface area contributed by atoms with Crippen molar-refractivity contribution in [1.29, 1.82) is 0 Å². The van der Waals surface area contributed by atoms with Crippen molar-refractivity contribution >= 4 is 11.6 Å². The summed E-state index contributed by atoms with van der Waals surface area (Å²) in [4.78, 5) is 22.9. The Morgan fingerprint density at radius 2 is 2.00 bits per heavy atom. The van der Waals surface area contributed by atoms with Gasteiger partial charge in [-0.05, 0) is 37.3 Å². The van der Waals surface area contributed by atoms with Crippen LogP contribution in [0.4, 0.5) is 0 Å². The molecule has 0 saturated heterocycles. The third-order valence-corrected chi connectivity index (χ3v) is 4.00. The predicted molar refractivity (Wildman–Crippen MR) is 71.6 cm³/mol. The molecule has 18 heavy (non-hydrogen) atoms. The molecule has 1 aromatic rings. The normalized spacial score (nSPS) is 21.0. The number of benzene rings is 1. The van der Waals surface area contributed by atoms with Crippen LogP contribution in [0.1, 0.15) is 50.2 Å². The number of ketones is 2. The van der Waals surface area contributed by atoms with E-state index in [-0.39, 0.29) is 17.6 Å². The second-order valence-electron chi connectivity index (χ2n) is 5.33. The minimum atomic E-state index is -0.0350. The zero-order valence-corrected chi connectivity index (χ0v) is 11.1. The van der Waals surface area contributed by atoms with Crippen molar-refractivity contribution in [2.75, 3.05) is 0 Å². The molecule has 0 bridgehead atoms. The summed E-state index contributed by atoms with van der Waals surface area (Å²) in [5, 5.41) is 0. The Bertz CT molecular complexity index is 445. The molecule has 2 rings (SSSR count). The first-order valence-corrected chi connectivity index (χ1v) is 6.70. The van der Waals surface area contributed by atoms with E-state index < -0.39 is 0 Å². The Morgan fingerprint density at radius 1 is 1.33 bits per heavy atom. The van der Waals surface area contributed by atoms with Gasteiger partial charge in [0.05, 0.1) is 0 Å². The SMILES string of the molecule is CC(=O)[C@@H](C)c1ccc(CC2CCCC2=O)cc1. The number of Topliss-reactive ketones (excluding diaryl/α,β-unsaturated/α-hetero) is 2. The standard InChI is InChI=1S/C16H20O2/c1-11(12(2)17)14-8-6-13(7-9-14)10-15-4-3-5-16(15)18/h6-9,11,15H,3-5,10H2,1-2H3/t11-,15?/m1/s1. The molecule has 1 aromatic carbocycles. The highest BCUT2D eigenvalue weighted by Crippen LogP contribution is 2.25. The molecule has 2 nitrogen and oxygen atoms in total.